The van der Waals surface area contributed by atoms with E-state index < -0.39 is 6.10 Å². The molecule has 3 aliphatic heterocycles. The van der Waals surface area contributed by atoms with Crippen LogP contribution in [0.5, 0.6) is 5.75 Å². The van der Waals surface area contributed by atoms with Crippen molar-refractivity contribution in [3.05, 3.63) is 63.7 Å². The van der Waals surface area contributed by atoms with E-state index in [2.05, 4.69) is 15.9 Å². The van der Waals surface area contributed by atoms with Gasteiger partial charge in [-0.25, -0.2) is 4.79 Å². The molecule has 3 atom stereocenters. The molecule has 3 heterocycles. The summed E-state index contributed by atoms with van der Waals surface area (Å²) in [6.07, 6.45) is -0.690. The number of aliphatic hydroxyl groups excluding tert-OH is 1. The number of benzene rings is 2. The highest BCUT2D eigenvalue weighted by molar-refractivity contribution is 5.93. The number of hydrogen-bond acceptors (Lipinski definition) is 8. The molecule has 178 valence electrons. The third-order valence-corrected chi connectivity index (χ3v) is 7.29. The van der Waals surface area contributed by atoms with Crippen molar-refractivity contribution < 1.29 is 24.1 Å². The van der Waals surface area contributed by atoms with Gasteiger partial charge in [0.05, 0.1) is 37.1 Å². The second-order valence-corrected chi connectivity index (χ2v) is 9.20. The van der Waals surface area contributed by atoms with Gasteiger partial charge in [-0.2, -0.15) is 5.26 Å². The number of cyclic esters (lactones) is 1. The van der Waals surface area contributed by atoms with E-state index >= 15 is 0 Å². The fraction of sp³-hybridized carbons (Fsp3) is 0.462. The molecule has 2 aromatic rings. The summed E-state index contributed by atoms with van der Waals surface area (Å²) in [6, 6.07) is 11.7. The van der Waals surface area contributed by atoms with Gasteiger partial charge in [-0.1, -0.05) is 12.1 Å². The second-order valence-electron chi connectivity index (χ2n) is 9.20. The number of ether oxygens (including phenoxy) is 3. The normalized spacial score (nSPS) is 23.5. The van der Waals surface area contributed by atoms with Gasteiger partial charge in [0, 0.05) is 44.3 Å². The highest BCUT2D eigenvalue weighted by atomic mass is 16.5. The summed E-state index contributed by atoms with van der Waals surface area (Å²) in [6.45, 7) is 6.75. The molecule has 2 saturated heterocycles. The molecule has 2 aromatic carbocycles. The minimum atomic E-state index is -0.629. The zero-order valence-electron chi connectivity index (χ0n) is 19.5. The van der Waals surface area contributed by atoms with Crippen molar-refractivity contribution in [2.75, 3.05) is 46.4 Å². The lowest BCUT2D eigenvalue weighted by Gasteiger charge is -2.46. The van der Waals surface area contributed by atoms with Gasteiger partial charge < -0.3 is 19.3 Å². The maximum absolute atomic E-state index is 11.8. The molecular formula is C26H29N3O5. The number of rotatable bonds is 5. The van der Waals surface area contributed by atoms with Crippen molar-refractivity contribution in [1.29, 1.82) is 5.26 Å². The van der Waals surface area contributed by atoms with Crippen LogP contribution in [-0.2, 0) is 16.1 Å². The average molecular weight is 464 g/mol. The van der Waals surface area contributed by atoms with Gasteiger partial charge in [0.2, 0.25) is 0 Å². The number of nitrogens with zero attached hydrogens (tertiary/aromatic N) is 3. The van der Waals surface area contributed by atoms with Crippen LogP contribution in [0.25, 0.3) is 0 Å². The third-order valence-electron chi connectivity index (χ3n) is 7.29. The molecule has 5 rings (SSSR count). The van der Waals surface area contributed by atoms with Crippen LogP contribution in [0.1, 0.15) is 50.4 Å². The van der Waals surface area contributed by atoms with Gasteiger partial charge in [0.25, 0.3) is 0 Å². The number of esters is 1. The van der Waals surface area contributed by atoms with Gasteiger partial charge in [-0.3, -0.25) is 9.80 Å². The van der Waals surface area contributed by atoms with Gasteiger partial charge >= 0.3 is 5.97 Å². The molecule has 1 N–H and O–H groups in total. The first-order valence-electron chi connectivity index (χ1n) is 11.6. The molecule has 0 radical (unpaired) electrons. The summed E-state index contributed by atoms with van der Waals surface area (Å²) >= 11 is 0. The number of methoxy groups -OCH3 is 1. The highest BCUT2D eigenvalue weighted by Crippen LogP contribution is 2.32. The number of nitriles is 1. The lowest BCUT2D eigenvalue weighted by molar-refractivity contribution is -0.0937. The molecule has 0 saturated carbocycles. The van der Waals surface area contributed by atoms with Crippen LogP contribution in [0, 0.1) is 18.3 Å². The molecule has 0 spiro atoms. The van der Waals surface area contributed by atoms with Gasteiger partial charge in [-0.15, -0.1) is 0 Å². The predicted molar refractivity (Wildman–Crippen MR) is 123 cm³/mol. The molecule has 3 aliphatic rings. The molecular weight excluding hydrogens is 434 g/mol. The second kappa shape index (κ2) is 9.35. The van der Waals surface area contributed by atoms with Gasteiger partial charge in [0.1, 0.15) is 18.4 Å². The first-order chi connectivity index (χ1) is 16.5. The molecule has 0 bridgehead atoms. The smallest absolute Gasteiger partial charge is 0.338 e. The van der Waals surface area contributed by atoms with Crippen LogP contribution in [0.15, 0.2) is 30.3 Å². The van der Waals surface area contributed by atoms with Crippen LogP contribution in [-0.4, -0.2) is 73.4 Å². The van der Waals surface area contributed by atoms with E-state index in [4.69, 9.17) is 14.2 Å². The Labute approximate surface area is 199 Å². The van der Waals surface area contributed by atoms with E-state index in [0.717, 1.165) is 48.4 Å². The summed E-state index contributed by atoms with van der Waals surface area (Å²) in [4.78, 5) is 16.5. The Balaban J connectivity index is 1.21. The molecule has 8 nitrogen and oxygen atoms in total. The number of carbonyl (C=O) groups excluding carboxylic acids is 1. The fourth-order valence-corrected chi connectivity index (χ4v) is 5.29. The Bertz CT molecular complexity index is 1140. The Kier molecular flexibility index (Phi) is 6.28. The fourth-order valence-electron chi connectivity index (χ4n) is 5.29. The third kappa shape index (κ3) is 4.17. The minimum Gasteiger partial charge on any atom is -0.495 e. The number of carbonyl (C=O) groups is 1. The minimum absolute atomic E-state index is 0.0611. The average Bonchev–Trinajstić information content (AvgIpc) is 3.24. The summed E-state index contributed by atoms with van der Waals surface area (Å²) in [7, 11) is 1.57. The Hall–Kier alpha value is -2.96. The first kappa shape index (κ1) is 22.8. The zero-order chi connectivity index (χ0) is 23.8. The molecule has 2 fully saturated rings. The number of hydrogen-bond donors (Lipinski definition) is 1. The Morgan fingerprint density at radius 3 is 2.91 bits per heavy atom. The lowest BCUT2D eigenvalue weighted by atomic mass is 9.95. The van der Waals surface area contributed by atoms with Gasteiger partial charge in [-0.05, 0) is 41.8 Å². The van der Waals surface area contributed by atoms with Gasteiger partial charge in [0.15, 0.2) is 0 Å². The van der Waals surface area contributed by atoms with Crippen molar-refractivity contribution in [3.63, 3.8) is 0 Å². The molecule has 0 aromatic heterocycles. The summed E-state index contributed by atoms with van der Waals surface area (Å²) in [5, 5.41) is 20.2. The lowest BCUT2D eigenvalue weighted by Crippen LogP contribution is -2.58. The number of piperazine rings is 1. The Morgan fingerprint density at radius 2 is 2.12 bits per heavy atom. The topological polar surface area (TPSA) is 95.3 Å². The zero-order valence-corrected chi connectivity index (χ0v) is 19.5. The van der Waals surface area contributed by atoms with E-state index in [0.29, 0.717) is 30.0 Å². The summed E-state index contributed by atoms with van der Waals surface area (Å²) < 4.78 is 16.7. The maximum atomic E-state index is 11.8. The number of aliphatic hydroxyl groups is 1. The quantitative estimate of drug-likeness (QED) is 0.676. The first-order valence-corrected chi connectivity index (χ1v) is 11.6. The summed E-state index contributed by atoms with van der Waals surface area (Å²) in [5.41, 5.74) is 4.82. The van der Waals surface area contributed by atoms with Crippen LogP contribution in [0.3, 0.4) is 0 Å². The SMILES string of the molecule is COc1cc([C@H]2CN3CCN(C[C@@H](O)c4ccc5c(c4C)COC5=O)C[C@@H]3CO2)ccc1C#N. The van der Waals surface area contributed by atoms with Crippen molar-refractivity contribution in [3.8, 4) is 11.8 Å². The number of fused-ring (bicyclic) bond motifs is 2. The summed E-state index contributed by atoms with van der Waals surface area (Å²) in [5.74, 6) is 0.285. The molecule has 34 heavy (non-hydrogen) atoms. The van der Waals surface area contributed by atoms with E-state index in [-0.39, 0.29) is 24.7 Å². The molecule has 0 aliphatic carbocycles. The molecule has 0 amide bonds. The monoisotopic (exact) mass is 463 g/mol. The number of β-amino-alcohol motifs (C(OH)–C–C–N with tert-alkyl or cyclic N) is 1. The van der Waals surface area contributed by atoms with E-state index in [1.807, 2.05) is 25.1 Å². The van der Waals surface area contributed by atoms with Crippen LogP contribution < -0.4 is 4.74 Å². The van der Waals surface area contributed by atoms with Crippen molar-refractivity contribution >= 4 is 5.97 Å². The predicted octanol–water partition coefficient (Wildman–Crippen LogP) is 2.34. The Morgan fingerprint density at radius 1 is 1.26 bits per heavy atom. The van der Waals surface area contributed by atoms with Crippen molar-refractivity contribution in [2.24, 2.45) is 0 Å². The largest absolute Gasteiger partial charge is 0.495 e. The van der Waals surface area contributed by atoms with Crippen LogP contribution in [0.4, 0.5) is 0 Å². The van der Waals surface area contributed by atoms with Crippen molar-refractivity contribution in [2.45, 2.75) is 31.8 Å². The highest BCUT2D eigenvalue weighted by Gasteiger charge is 2.35. The standard InChI is InChI=1S/C26H29N3O5/c1-16-20(5-6-21-22(16)15-34-26(21)31)23(30)12-28-7-8-29-13-25(33-14-19(29)11-28)17-3-4-18(10-27)24(9-17)32-2/h3-6,9,19,23,25,30H,7-8,11-15H2,1-2H3/t19-,23-,25-/m1/s1. The van der Waals surface area contributed by atoms with Crippen LogP contribution >= 0.6 is 0 Å². The molecule has 0 unspecified atom stereocenters. The van der Waals surface area contributed by atoms with Crippen LogP contribution in [0.2, 0.25) is 0 Å². The maximum Gasteiger partial charge on any atom is 0.338 e. The number of morpholine rings is 1. The van der Waals surface area contributed by atoms with E-state index in [9.17, 15) is 15.2 Å². The molecule has 8 heteroatoms. The van der Waals surface area contributed by atoms with E-state index in [1.54, 1.807) is 19.2 Å². The van der Waals surface area contributed by atoms with E-state index in [1.165, 1.54) is 0 Å². The van der Waals surface area contributed by atoms with Crippen molar-refractivity contribution in [1.82, 2.24) is 9.80 Å².